The Morgan fingerprint density at radius 1 is 0.833 bits per heavy atom. The van der Waals surface area contributed by atoms with Crippen molar-refractivity contribution in [1.82, 2.24) is 0 Å². The molecule has 0 saturated heterocycles. The van der Waals surface area contributed by atoms with Crippen molar-refractivity contribution >= 4 is 0 Å². The first-order valence-corrected chi connectivity index (χ1v) is 2.96. The van der Waals surface area contributed by atoms with Crippen LogP contribution in [-0.4, -0.2) is 12.4 Å². The summed E-state index contributed by atoms with van der Waals surface area (Å²) in [5.41, 5.74) is 0. The number of hydrogen-bond acceptors (Lipinski definition) is 0. The van der Waals surface area contributed by atoms with E-state index in [-0.39, 0.29) is 0 Å². The zero-order valence-corrected chi connectivity index (χ0v) is 6.43. The van der Waals surface area contributed by atoms with Crippen LogP contribution in [0.3, 0.4) is 0 Å². The van der Waals surface area contributed by atoms with Crippen molar-refractivity contribution in [3.8, 4) is 0 Å². The summed E-state index contributed by atoms with van der Waals surface area (Å²) in [6, 6.07) is 0. The van der Waals surface area contributed by atoms with Gasteiger partial charge in [0.2, 0.25) is 0 Å². The fourth-order valence-corrected chi connectivity index (χ4v) is 0.448. The molecule has 0 aliphatic rings. The predicted octanol–water partition coefficient (Wildman–Crippen LogP) is 2.84. The van der Waals surface area contributed by atoms with E-state index in [0.29, 0.717) is 0 Å². The number of hydrogen-bond donors (Lipinski definition) is 0. The second kappa shape index (κ2) is 3.39. The van der Waals surface area contributed by atoms with Gasteiger partial charge in [-0.1, -0.05) is 0 Å². The minimum absolute atomic E-state index is 1.48. The summed E-state index contributed by atoms with van der Waals surface area (Å²) in [7, 11) is 0. The van der Waals surface area contributed by atoms with E-state index < -0.39 is 22.0 Å². The second-order valence-corrected chi connectivity index (χ2v) is 2.33. The molecule has 8 heteroatoms. The van der Waals surface area contributed by atoms with Gasteiger partial charge >= 0.3 is 73.8 Å². The SMILES string of the molecule is FC(=[C]([Ag])C(F)(F)F)C(F)(F)F. The topological polar surface area (TPSA) is 0 Å². The Hall–Kier alpha value is -0.00974. The van der Waals surface area contributed by atoms with E-state index >= 15 is 0 Å². The molecule has 0 aliphatic carbocycles. The maximum atomic E-state index is 11.8. The second-order valence-electron chi connectivity index (χ2n) is 1.59. The molecule has 0 aromatic carbocycles. The molecule has 0 amide bonds. The monoisotopic (exact) mass is 288 g/mol. The van der Waals surface area contributed by atoms with Gasteiger partial charge in [0.1, 0.15) is 0 Å². The zero-order chi connectivity index (χ0) is 10.2. The molecule has 0 saturated carbocycles. The zero-order valence-electron chi connectivity index (χ0n) is 4.95. The van der Waals surface area contributed by atoms with Gasteiger partial charge in [0.25, 0.3) is 0 Å². The van der Waals surface area contributed by atoms with Crippen molar-refractivity contribution < 1.29 is 51.8 Å². The van der Waals surface area contributed by atoms with Crippen molar-refractivity contribution in [2.75, 3.05) is 0 Å². The number of allylic oxidation sites excluding steroid dienone is 2. The molecule has 0 nitrogen and oxygen atoms in total. The Morgan fingerprint density at radius 3 is 1.25 bits per heavy atom. The van der Waals surface area contributed by atoms with Crippen molar-refractivity contribution in [3.05, 3.63) is 9.62 Å². The molecule has 0 bridgehead atoms. The van der Waals surface area contributed by atoms with Gasteiger partial charge in [-0.05, 0) is 0 Å². The quantitative estimate of drug-likeness (QED) is 0.475. The van der Waals surface area contributed by atoms with Crippen LogP contribution in [0.25, 0.3) is 0 Å². The standard InChI is InChI=1S/C4F7.Ag/c5-2(4(9,10)11)1-3(6,7)8;. The van der Waals surface area contributed by atoms with Crippen LogP contribution in [0.4, 0.5) is 30.7 Å². The van der Waals surface area contributed by atoms with E-state index in [0.717, 1.165) is 0 Å². The molecule has 0 spiro atoms. The van der Waals surface area contributed by atoms with Crippen LogP contribution in [-0.2, 0) is 21.1 Å². The average molecular weight is 289 g/mol. The summed E-state index contributed by atoms with van der Waals surface area (Å²) >= 11 is 1.48. The van der Waals surface area contributed by atoms with Crippen LogP contribution in [0, 0.1) is 0 Å². The van der Waals surface area contributed by atoms with Crippen LogP contribution in [0.5, 0.6) is 0 Å². The predicted molar refractivity (Wildman–Crippen MR) is 20.2 cm³/mol. The number of alkyl halides is 6. The number of rotatable bonds is 0. The van der Waals surface area contributed by atoms with Crippen molar-refractivity contribution in [2.24, 2.45) is 0 Å². The summed E-state index contributed by atoms with van der Waals surface area (Å²) < 4.78 is 77.3. The third-order valence-electron chi connectivity index (χ3n) is 0.652. The first-order chi connectivity index (χ1) is 5.07. The van der Waals surface area contributed by atoms with E-state index in [9.17, 15) is 30.7 Å². The minimum atomic E-state index is -5.62. The van der Waals surface area contributed by atoms with Crippen LogP contribution in [0.2, 0.25) is 0 Å². The van der Waals surface area contributed by atoms with Gasteiger partial charge in [0.15, 0.2) is 0 Å². The van der Waals surface area contributed by atoms with Gasteiger partial charge in [0.05, 0.1) is 0 Å². The molecule has 0 atom stereocenters. The molecule has 0 aromatic rings. The van der Waals surface area contributed by atoms with Crippen LogP contribution in [0.1, 0.15) is 0 Å². The van der Waals surface area contributed by atoms with Crippen LogP contribution < -0.4 is 0 Å². The summed E-state index contributed by atoms with van der Waals surface area (Å²) in [5.74, 6) is -3.19. The van der Waals surface area contributed by atoms with E-state index in [2.05, 4.69) is 0 Å². The molecule has 0 N–H and O–H groups in total. The first kappa shape index (κ1) is 12.0. The molecule has 0 heterocycles. The molecule has 0 unspecified atom stereocenters. The molecule has 0 aromatic heterocycles. The Kier molecular flexibility index (Phi) is 3.39. The van der Waals surface area contributed by atoms with Crippen molar-refractivity contribution in [2.45, 2.75) is 12.4 Å². The molecule has 0 fully saturated rings. The Bertz CT molecular complexity index is 174. The summed E-state index contributed by atoms with van der Waals surface area (Å²) in [4.78, 5) is 0. The molecule has 0 radical (unpaired) electrons. The third-order valence-corrected chi connectivity index (χ3v) is 1.40. The van der Waals surface area contributed by atoms with Gasteiger partial charge in [-0.3, -0.25) is 0 Å². The summed E-state index contributed by atoms with van der Waals surface area (Å²) in [6.07, 6.45) is -11.0. The van der Waals surface area contributed by atoms with Gasteiger partial charge in [-0.2, -0.15) is 0 Å². The number of halogens is 7. The fourth-order valence-electron chi connectivity index (χ4n) is 0.238. The molecule has 12 heavy (non-hydrogen) atoms. The van der Waals surface area contributed by atoms with Gasteiger partial charge in [-0.15, -0.1) is 0 Å². The van der Waals surface area contributed by atoms with Gasteiger partial charge < -0.3 is 0 Å². The van der Waals surface area contributed by atoms with E-state index in [1.54, 1.807) is 0 Å². The van der Waals surface area contributed by atoms with Crippen molar-refractivity contribution in [3.63, 3.8) is 0 Å². The maximum absolute atomic E-state index is 11.8. The summed E-state index contributed by atoms with van der Waals surface area (Å²) in [6.45, 7) is 0. The normalized spacial score (nSPS) is 16.1. The van der Waals surface area contributed by atoms with E-state index in [4.69, 9.17) is 0 Å². The van der Waals surface area contributed by atoms with Gasteiger partial charge in [-0.25, -0.2) is 0 Å². The molecular weight excluding hydrogens is 289 g/mol. The van der Waals surface area contributed by atoms with Crippen molar-refractivity contribution in [1.29, 1.82) is 0 Å². The van der Waals surface area contributed by atoms with E-state index in [1.165, 1.54) is 21.1 Å². The first-order valence-electron chi connectivity index (χ1n) is 2.22. The Morgan fingerprint density at radius 2 is 1.17 bits per heavy atom. The molecular formula is C4AgF7. The van der Waals surface area contributed by atoms with E-state index in [1.807, 2.05) is 0 Å². The van der Waals surface area contributed by atoms with Gasteiger partial charge in [0, 0.05) is 0 Å². The van der Waals surface area contributed by atoms with Crippen LogP contribution >= 0.6 is 0 Å². The molecule has 0 rings (SSSR count). The Balaban J connectivity index is 4.96. The Labute approximate surface area is 74.3 Å². The molecule has 76 valence electrons. The molecule has 0 aliphatic heterocycles. The third kappa shape index (κ3) is 3.16. The summed E-state index contributed by atoms with van der Waals surface area (Å²) in [5, 5.41) is 0. The fraction of sp³-hybridized carbons (Fsp3) is 0.500. The van der Waals surface area contributed by atoms with Crippen LogP contribution in [0.15, 0.2) is 9.62 Å². The average Bonchev–Trinajstić information content (AvgIpc) is 1.80.